The van der Waals surface area contributed by atoms with E-state index < -0.39 is 4.92 Å². The number of non-ortho nitro benzene ring substituents is 1. The molecule has 0 atom stereocenters. The number of benzene rings is 1. The normalized spacial score (nSPS) is 10.8. The fraction of sp³-hybridized carbons (Fsp3) is 0.417. The number of nitro benzene ring substituents is 1. The lowest BCUT2D eigenvalue weighted by molar-refractivity contribution is -0.384. The summed E-state index contributed by atoms with van der Waals surface area (Å²) in [6.45, 7) is 3.64. The van der Waals surface area contributed by atoms with Crippen molar-refractivity contribution in [3.05, 3.63) is 28.3 Å². The standard InChI is InChI=1S/C12H15ClN4O2/c1-2-16(7-3-6-13)12-14-10-5-4-9(17(18)19)8-11(10)15-12/h4-5,8H,2-3,6-7H2,1H3,(H,14,15). The molecule has 1 aromatic heterocycles. The van der Waals surface area contributed by atoms with E-state index in [2.05, 4.69) is 14.9 Å². The van der Waals surface area contributed by atoms with Gasteiger partial charge in [0.05, 0.1) is 16.0 Å². The Morgan fingerprint density at radius 1 is 1.53 bits per heavy atom. The maximum absolute atomic E-state index is 10.7. The average molecular weight is 283 g/mol. The van der Waals surface area contributed by atoms with E-state index >= 15 is 0 Å². The molecule has 1 N–H and O–H groups in total. The molecule has 1 aromatic carbocycles. The van der Waals surface area contributed by atoms with Gasteiger partial charge < -0.3 is 9.88 Å². The molecule has 2 rings (SSSR count). The average Bonchev–Trinajstić information content (AvgIpc) is 2.82. The number of aromatic nitrogens is 2. The minimum Gasteiger partial charge on any atom is -0.343 e. The Labute approximate surface area is 115 Å². The number of nitrogens with one attached hydrogen (secondary N) is 1. The first-order chi connectivity index (χ1) is 9.15. The van der Waals surface area contributed by atoms with E-state index in [9.17, 15) is 10.1 Å². The highest BCUT2D eigenvalue weighted by Gasteiger charge is 2.12. The highest BCUT2D eigenvalue weighted by Crippen LogP contribution is 2.22. The van der Waals surface area contributed by atoms with Crippen molar-refractivity contribution in [1.82, 2.24) is 9.97 Å². The van der Waals surface area contributed by atoms with E-state index in [1.807, 2.05) is 6.92 Å². The molecule has 0 fully saturated rings. The number of hydrogen-bond donors (Lipinski definition) is 1. The Morgan fingerprint density at radius 3 is 2.95 bits per heavy atom. The van der Waals surface area contributed by atoms with Gasteiger partial charge in [-0.2, -0.15) is 0 Å². The fourth-order valence-corrected chi connectivity index (χ4v) is 2.03. The van der Waals surface area contributed by atoms with Crippen molar-refractivity contribution >= 4 is 34.3 Å². The lowest BCUT2D eigenvalue weighted by atomic mass is 10.3. The second kappa shape index (κ2) is 5.88. The van der Waals surface area contributed by atoms with E-state index in [-0.39, 0.29) is 5.69 Å². The summed E-state index contributed by atoms with van der Waals surface area (Å²) in [5.41, 5.74) is 1.46. The van der Waals surface area contributed by atoms with Gasteiger partial charge in [0.1, 0.15) is 0 Å². The molecule has 2 aromatic rings. The Morgan fingerprint density at radius 2 is 2.32 bits per heavy atom. The van der Waals surface area contributed by atoms with Gasteiger partial charge >= 0.3 is 0 Å². The van der Waals surface area contributed by atoms with Gasteiger partial charge in [-0.1, -0.05) is 0 Å². The molecule has 0 aliphatic heterocycles. The zero-order valence-corrected chi connectivity index (χ0v) is 11.4. The van der Waals surface area contributed by atoms with Gasteiger partial charge in [0.25, 0.3) is 5.69 Å². The molecule has 102 valence electrons. The van der Waals surface area contributed by atoms with Crippen molar-refractivity contribution in [1.29, 1.82) is 0 Å². The molecule has 1 heterocycles. The third kappa shape index (κ3) is 2.96. The number of halogens is 1. The van der Waals surface area contributed by atoms with Gasteiger partial charge in [0.2, 0.25) is 5.95 Å². The molecule has 0 unspecified atom stereocenters. The lowest BCUT2D eigenvalue weighted by Gasteiger charge is -2.18. The van der Waals surface area contributed by atoms with Crippen LogP contribution in [0.4, 0.5) is 11.6 Å². The maximum Gasteiger partial charge on any atom is 0.271 e. The molecule has 0 spiro atoms. The van der Waals surface area contributed by atoms with Gasteiger partial charge in [-0.25, -0.2) is 4.98 Å². The summed E-state index contributed by atoms with van der Waals surface area (Å²) < 4.78 is 0. The van der Waals surface area contributed by atoms with Gasteiger partial charge in [-0.05, 0) is 19.4 Å². The number of nitrogens with zero attached hydrogens (tertiary/aromatic N) is 3. The molecule has 0 aliphatic rings. The van der Waals surface area contributed by atoms with Gasteiger partial charge in [-0.15, -0.1) is 11.6 Å². The predicted molar refractivity (Wildman–Crippen MR) is 76.0 cm³/mol. The van der Waals surface area contributed by atoms with Crippen LogP contribution in [0.15, 0.2) is 18.2 Å². The third-order valence-electron chi connectivity index (χ3n) is 2.91. The summed E-state index contributed by atoms with van der Waals surface area (Å²) in [4.78, 5) is 19.9. The van der Waals surface area contributed by atoms with E-state index in [1.165, 1.54) is 12.1 Å². The van der Waals surface area contributed by atoms with Gasteiger partial charge in [0, 0.05) is 31.1 Å². The van der Waals surface area contributed by atoms with Crippen LogP contribution in [0.5, 0.6) is 0 Å². The van der Waals surface area contributed by atoms with Crippen LogP contribution in [0.1, 0.15) is 13.3 Å². The Kier molecular flexibility index (Phi) is 4.21. The highest BCUT2D eigenvalue weighted by atomic mass is 35.5. The number of imidazole rings is 1. The van der Waals surface area contributed by atoms with E-state index in [0.29, 0.717) is 11.4 Å². The fourth-order valence-electron chi connectivity index (χ4n) is 1.91. The molecule has 19 heavy (non-hydrogen) atoms. The van der Waals surface area contributed by atoms with Gasteiger partial charge in [-0.3, -0.25) is 10.1 Å². The summed E-state index contributed by atoms with van der Waals surface area (Å²) in [6.07, 6.45) is 0.868. The molecule has 0 aliphatic carbocycles. The molecular weight excluding hydrogens is 268 g/mol. The van der Waals surface area contributed by atoms with Crippen LogP contribution in [-0.2, 0) is 0 Å². The smallest absolute Gasteiger partial charge is 0.271 e. The SMILES string of the molecule is CCN(CCCCl)c1nc2ccc([N+](=O)[O-])cc2[nH]1. The largest absolute Gasteiger partial charge is 0.343 e. The van der Waals surface area contributed by atoms with Crippen LogP contribution in [0.2, 0.25) is 0 Å². The molecule has 0 amide bonds. The topological polar surface area (TPSA) is 75.1 Å². The van der Waals surface area contributed by atoms with Crippen molar-refractivity contribution in [2.45, 2.75) is 13.3 Å². The molecule has 0 radical (unpaired) electrons. The Balaban J connectivity index is 2.31. The molecule has 7 heteroatoms. The number of fused-ring (bicyclic) bond motifs is 1. The molecule has 0 saturated heterocycles. The number of aromatic amines is 1. The molecular formula is C12H15ClN4O2. The first kappa shape index (κ1) is 13.6. The van der Waals surface area contributed by atoms with E-state index in [1.54, 1.807) is 6.07 Å². The minimum atomic E-state index is -0.412. The number of hydrogen-bond acceptors (Lipinski definition) is 4. The Hall–Kier alpha value is -1.82. The first-order valence-electron chi connectivity index (χ1n) is 6.10. The molecule has 0 saturated carbocycles. The molecule has 6 nitrogen and oxygen atoms in total. The third-order valence-corrected chi connectivity index (χ3v) is 3.17. The van der Waals surface area contributed by atoms with Crippen LogP contribution in [0.25, 0.3) is 11.0 Å². The zero-order valence-electron chi connectivity index (χ0n) is 10.6. The zero-order chi connectivity index (χ0) is 13.8. The van der Waals surface area contributed by atoms with Crippen molar-refractivity contribution in [2.75, 3.05) is 23.9 Å². The second-order valence-electron chi connectivity index (χ2n) is 4.14. The summed E-state index contributed by atoms with van der Waals surface area (Å²) in [5, 5.41) is 10.7. The van der Waals surface area contributed by atoms with Gasteiger partial charge in [0.15, 0.2) is 0 Å². The molecule has 0 bridgehead atoms. The van der Waals surface area contributed by atoms with Crippen LogP contribution < -0.4 is 4.90 Å². The maximum atomic E-state index is 10.7. The summed E-state index contributed by atoms with van der Waals surface area (Å²) in [7, 11) is 0. The van der Waals surface area contributed by atoms with Crippen LogP contribution in [0, 0.1) is 10.1 Å². The number of alkyl halides is 1. The second-order valence-corrected chi connectivity index (χ2v) is 4.52. The van der Waals surface area contributed by atoms with E-state index in [0.717, 1.165) is 31.0 Å². The minimum absolute atomic E-state index is 0.0616. The predicted octanol–water partition coefficient (Wildman–Crippen LogP) is 2.93. The number of H-pyrrole nitrogens is 1. The van der Waals surface area contributed by atoms with Crippen LogP contribution >= 0.6 is 11.6 Å². The number of anilines is 1. The van der Waals surface area contributed by atoms with Crippen molar-refractivity contribution in [3.8, 4) is 0 Å². The van der Waals surface area contributed by atoms with Crippen molar-refractivity contribution < 1.29 is 4.92 Å². The number of rotatable bonds is 6. The van der Waals surface area contributed by atoms with Crippen LogP contribution in [0.3, 0.4) is 0 Å². The first-order valence-corrected chi connectivity index (χ1v) is 6.64. The quantitative estimate of drug-likeness (QED) is 0.502. The lowest BCUT2D eigenvalue weighted by Crippen LogP contribution is -2.25. The van der Waals surface area contributed by atoms with E-state index in [4.69, 9.17) is 11.6 Å². The Bertz CT molecular complexity index is 584. The summed E-state index contributed by atoms with van der Waals surface area (Å²) in [5.74, 6) is 1.32. The summed E-state index contributed by atoms with van der Waals surface area (Å²) in [6, 6.07) is 4.62. The highest BCUT2D eigenvalue weighted by molar-refractivity contribution is 6.17. The van der Waals surface area contributed by atoms with Crippen LogP contribution in [-0.4, -0.2) is 33.9 Å². The monoisotopic (exact) mass is 282 g/mol. The number of nitro groups is 1. The van der Waals surface area contributed by atoms with Crippen molar-refractivity contribution in [2.24, 2.45) is 0 Å². The summed E-state index contributed by atoms with van der Waals surface area (Å²) >= 11 is 5.69. The van der Waals surface area contributed by atoms with Crippen molar-refractivity contribution in [3.63, 3.8) is 0 Å².